The summed E-state index contributed by atoms with van der Waals surface area (Å²) in [6, 6.07) is 7.33. The molecule has 2 heterocycles. The van der Waals surface area contributed by atoms with Crippen molar-refractivity contribution in [3.05, 3.63) is 24.3 Å². The van der Waals surface area contributed by atoms with E-state index in [-0.39, 0.29) is 6.79 Å². The minimum absolute atomic E-state index is 0.254. The molecule has 2 aromatic rings. The highest BCUT2D eigenvalue weighted by atomic mass is 32.2. The molecule has 0 unspecified atom stereocenters. The van der Waals surface area contributed by atoms with Crippen molar-refractivity contribution in [2.45, 2.75) is 5.16 Å². The van der Waals surface area contributed by atoms with Gasteiger partial charge in [-0.1, -0.05) is 11.8 Å². The average molecular weight is 291 g/mol. The van der Waals surface area contributed by atoms with E-state index < -0.39 is 0 Å². The molecule has 1 aliphatic rings. The molecule has 0 atom stereocenters. The molecule has 104 valence electrons. The molecular weight excluding hydrogens is 278 g/mol. The van der Waals surface area contributed by atoms with Gasteiger partial charge in [-0.25, -0.2) is 15.8 Å². The Morgan fingerprint density at radius 2 is 1.95 bits per heavy atom. The maximum atomic E-state index is 5.40. The number of anilines is 3. The number of fused-ring (bicyclic) bond motifs is 1. The summed E-state index contributed by atoms with van der Waals surface area (Å²) in [6.07, 6.45) is 1.90. The molecule has 0 saturated heterocycles. The molecule has 0 amide bonds. The number of nitrogens with one attached hydrogen (secondary N) is 2. The zero-order valence-corrected chi connectivity index (χ0v) is 11.5. The van der Waals surface area contributed by atoms with Crippen LogP contribution in [0, 0.1) is 0 Å². The number of thioether (sulfide) groups is 1. The third-order valence-corrected chi connectivity index (χ3v) is 3.23. The number of benzene rings is 1. The molecule has 3 rings (SSSR count). The Morgan fingerprint density at radius 1 is 1.15 bits per heavy atom. The predicted octanol–water partition coefficient (Wildman–Crippen LogP) is 1.96. The van der Waals surface area contributed by atoms with Gasteiger partial charge in [0.1, 0.15) is 11.6 Å². The fourth-order valence-corrected chi connectivity index (χ4v) is 2.16. The lowest BCUT2D eigenvalue weighted by Gasteiger charge is -2.09. The van der Waals surface area contributed by atoms with Gasteiger partial charge in [0.2, 0.25) is 6.79 Å². The lowest BCUT2D eigenvalue weighted by molar-refractivity contribution is 0.174. The van der Waals surface area contributed by atoms with Crippen LogP contribution < -0.4 is 26.1 Å². The Kier molecular flexibility index (Phi) is 3.48. The van der Waals surface area contributed by atoms with Crippen LogP contribution in [-0.2, 0) is 0 Å². The Bertz CT molecular complexity index is 615. The number of hydrogen-bond acceptors (Lipinski definition) is 8. The smallest absolute Gasteiger partial charge is 0.231 e. The first kappa shape index (κ1) is 12.8. The summed E-state index contributed by atoms with van der Waals surface area (Å²) in [5, 5.41) is 3.82. The quantitative estimate of drug-likeness (QED) is 0.340. The van der Waals surface area contributed by atoms with Crippen LogP contribution in [0.4, 0.5) is 17.3 Å². The number of hydrogen-bond donors (Lipinski definition) is 3. The predicted molar refractivity (Wildman–Crippen MR) is 77.5 cm³/mol. The van der Waals surface area contributed by atoms with Crippen molar-refractivity contribution in [2.24, 2.45) is 5.84 Å². The molecule has 7 nitrogen and oxygen atoms in total. The van der Waals surface area contributed by atoms with Crippen molar-refractivity contribution >= 4 is 29.1 Å². The minimum Gasteiger partial charge on any atom is -0.454 e. The summed E-state index contributed by atoms with van der Waals surface area (Å²) in [4.78, 5) is 8.56. The molecule has 8 heteroatoms. The molecule has 0 radical (unpaired) electrons. The van der Waals surface area contributed by atoms with E-state index in [0.717, 1.165) is 11.4 Å². The van der Waals surface area contributed by atoms with Gasteiger partial charge in [0.15, 0.2) is 16.7 Å². The number of hydrazine groups is 1. The first-order valence-corrected chi connectivity index (χ1v) is 7.07. The van der Waals surface area contributed by atoms with Gasteiger partial charge in [0.25, 0.3) is 0 Å². The monoisotopic (exact) mass is 291 g/mol. The Balaban J connectivity index is 1.87. The van der Waals surface area contributed by atoms with Gasteiger partial charge in [-0.2, -0.15) is 0 Å². The van der Waals surface area contributed by atoms with Crippen LogP contribution in [0.3, 0.4) is 0 Å². The lowest BCUT2D eigenvalue weighted by atomic mass is 10.3. The highest BCUT2D eigenvalue weighted by molar-refractivity contribution is 7.98. The molecule has 1 aliphatic heterocycles. The maximum absolute atomic E-state index is 5.40. The number of rotatable bonds is 4. The highest BCUT2D eigenvalue weighted by Gasteiger charge is 2.13. The van der Waals surface area contributed by atoms with Gasteiger partial charge in [-0.15, -0.1) is 0 Å². The van der Waals surface area contributed by atoms with Crippen LogP contribution >= 0.6 is 11.8 Å². The third-order valence-electron chi connectivity index (χ3n) is 2.68. The molecule has 0 saturated carbocycles. The molecule has 1 aromatic heterocycles. The van der Waals surface area contributed by atoms with Crippen LogP contribution in [0.15, 0.2) is 29.4 Å². The summed E-state index contributed by atoms with van der Waals surface area (Å²) in [5.41, 5.74) is 3.37. The van der Waals surface area contributed by atoms with E-state index in [4.69, 9.17) is 15.3 Å². The summed E-state index contributed by atoms with van der Waals surface area (Å²) in [7, 11) is 0. The summed E-state index contributed by atoms with van der Waals surface area (Å²) in [5.74, 6) is 8.05. The van der Waals surface area contributed by atoms with Gasteiger partial charge in [-0.3, -0.25) is 0 Å². The van der Waals surface area contributed by atoms with Gasteiger partial charge in [-0.05, 0) is 18.4 Å². The van der Waals surface area contributed by atoms with Crippen molar-refractivity contribution in [3.8, 4) is 11.5 Å². The van der Waals surface area contributed by atoms with Gasteiger partial charge in [0.05, 0.1) is 0 Å². The number of ether oxygens (including phenoxy) is 2. The Morgan fingerprint density at radius 3 is 2.75 bits per heavy atom. The van der Waals surface area contributed by atoms with E-state index in [9.17, 15) is 0 Å². The SMILES string of the molecule is CSc1nc(NN)cc(Nc2ccc3c(c2)OCO3)n1. The second-order valence-electron chi connectivity index (χ2n) is 3.96. The standard InChI is InChI=1S/C12H13N5O2S/c1-20-12-15-10(5-11(16-12)17-13)14-7-2-3-8-9(4-7)19-6-18-8/h2-5H,6,13H2,1H3,(H2,14,15,16,17). The van der Waals surface area contributed by atoms with Crippen LogP contribution in [0.2, 0.25) is 0 Å². The molecule has 20 heavy (non-hydrogen) atoms. The number of nitrogens with zero attached hydrogens (tertiary/aromatic N) is 2. The first-order valence-electron chi connectivity index (χ1n) is 5.85. The zero-order valence-electron chi connectivity index (χ0n) is 10.7. The van der Waals surface area contributed by atoms with Crippen molar-refractivity contribution in [1.29, 1.82) is 0 Å². The summed E-state index contributed by atoms with van der Waals surface area (Å²) < 4.78 is 10.6. The second-order valence-corrected chi connectivity index (χ2v) is 4.74. The second kappa shape index (κ2) is 5.43. The maximum Gasteiger partial charge on any atom is 0.231 e. The fourth-order valence-electron chi connectivity index (χ4n) is 1.78. The molecule has 1 aromatic carbocycles. The van der Waals surface area contributed by atoms with Gasteiger partial charge >= 0.3 is 0 Å². The topological polar surface area (TPSA) is 94.3 Å². The molecule has 0 spiro atoms. The summed E-state index contributed by atoms with van der Waals surface area (Å²) in [6.45, 7) is 0.254. The number of aromatic nitrogens is 2. The van der Waals surface area contributed by atoms with Crippen molar-refractivity contribution < 1.29 is 9.47 Å². The zero-order chi connectivity index (χ0) is 13.9. The Hall–Kier alpha value is -2.19. The normalized spacial score (nSPS) is 12.3. The van der Waals surface area contributed by atoms with Crippen LogP contribution in [-0.4, -0.2) is 23.0 Å². The number of nitrogen functional groups attached to an aromatic ring is 1. The average Bonchev–Trinajstić information content (AvgIpc) is 2.94. The van der Waals surface area contributed by atoms with E-state index in [2.05, 4.69) is 20.7 Å². The summed E-state index contributed by atoms with van der Waals surface area (Å²) >= 11 is 1.44. The van der Waals surface area contributed by atoms with E-state index in [0.29, 0.717) is 22.5 Å². The highest BCUT2D eigenvalue weighted by Crippen LogP contribution is 2.35. The molecule has 0 bridgehead atoms. The van der Waals surface area contributed by atoms with E-state index in [1.807, 2.05) is 24.5 Å². The van der Waals surface area contributed by atoms with Crippen LogP contribution in [0.5, 0.6) is 11.5 Å². The van der Waals surface area contributed by atoms with Crippen molar-refractivity contribution in [2.75, 3.05) is 23.8 Å². The van der Waals surface area contributed by atoms with Crippen molar-refractivity contribution in [3.63, 3.8) is 0 Å². The molecular formula is C12H13N5O2S. The van der Waals surface area contributed by atoms with Crippen molar-refractivity contribution in [1.82, 2.24) is 9.97 Å². The van der Waals surface area contributed by atoms with Gasteiger partial charge < -0.3 is 20.2 Å². The molecule has 4 N–H and O–H groups in total. The first-order chi connectivity index (χ1) is 9.78. The van der Waals surface area contributed by atoms with Gasteiger partial charge in [0, 0.05) is 17.8 Å². The lowest BCUT2D eigenvalue weighted by Crippen LogP contribution is -2.10. The minimum atomic E-state index is 0.254. The molecule has 0 aliphatic carbocycles. The van der Waals surface area contributed by atoms with E-state index in [1.165, 1.54) is 11.8 Å². The third kappa shape index (κ3) is 2.56. The number of nitrogens with two attached hydrogens (primary N) is 1. The molecule has 0 fully saturated rings. The van der Waals surface area contributed by atoms with E-state index >= 15 is 0 Å². The van der Waals surface area contributed by atoms with Crippen LogP contribution in [0.1, 0.15) is 0 Å². The fraction of sp³-hybridized carbons (Fsp3) is 0.167. The van der Waals surface area contributed by atoms with Crippen LogP contribution in [0.25, 0.3) is 0 Å². The Labute approximate surface area is 119 Å². The largest absolute Gasteiger partial charge is 0.454 e. The van der Waals surface area contributed by atoms with E-state index in [1.54, 1.807) is 6.07 Å².